The van der Waals surface area contributed by atoms with Gasteiger partial charge in [-0.3, -0.25) is 9.89 Å². The maximum absolute atomic E-state index is 4.43. The van der Waals surface area contributed by atoms with Crippen LogP contribution in [0.4, 0.5) is 0 Å². The number of nitrogens with one attached hydrogen (secondary N) is 2. The van der Waals surface area contributed by atoms with Gasteiger partial charge in [0.25, 0.3) is 0 Å². The van der Waals surface area contributed by atoms with Gasteiger partial charge in [-0.1, -0.05) is 44.2 Å². The fourth-order valence-electron chi connectivity index (χ4n) is 3.66. The standard InChI is InChI=1S/C21H37N5.HI/c1-6-26(7-2)20(17-11-9-8-10-12-17)16-24-21(22-3)23-15-19(25(4)5)18-13-14-18;/h8-12,18-20H,6-7,13-16H2,1-5H3,(H2,22,23,24);1H. The highest BCUT2D eigenvalue weighted by Gasteiger charge is 2.32. The molecule has 0 aromatic heterocycles. The molecule has 1 aromatic carbocycles. The molecule has 1 saturated carbocycles. The van der Waals surface area contributed by atoms with Gasteiger partial charge in [0.05, 0.1) is 6.04 Å². The molecule has 1 aromatic rings. The largest absolute Gasteiger partial charge is 0.355 e. The molecule has 2 rings (SSSR count). The maximum Gasteiger partial charge on any atom is 0.191 e. The van der Waals surface area contributed by atoms with Crippen LogP contribution in [-0.2, 0) is 0 Å². The first kappa shape index (κ1) is 24.2. The fourth-order valence-corrected chi connectivity index (χ4v) is 3.66. The molecule has 1 fully saturated rings. The molecule has 2 N–H and O–H groups in total. The summed E-state index contributed by atoms with van der Waals surface area (Å²) < 4.78 is 0. The third-order valence-corrected chi connectivity index (χ3v) is 5.43. The van der Waals surface area contributed by atoms with Gasteiger partial charge in [0.1, 0.15) is 0 Å². The van der Waals surface area contributed by atoms with Gasteiger partial charge in [0, 0.05) is 26.2 Å². The molecule has 27 heavy (non-hydrogen) atoms. The highest BCUT2D eigenvalue weighted by atomic mass is 127. The number of benzene rings is 1. The highest BCUT2D eigenvalue weighted by Crippen LogP contribution is 2.34. The Morgan fingerprint density at radius 1 is 1.07 bits per heavy atom. The van der Waals surface area contributed by atoms with Gasteiger partial charge in [-0.2, -0.15) is 0 Å². The van der Waals surface area contributed by atoms with Crippen LogP contribution in [0.1, 0.15) is 38.3 Å². The Balaban J connectivity index is 0.00000364. The summed E-state index contributed by atoms with van der Waals surface area (Å²) in [6.07, 6.45) is 2.71. The van der Waals surface area contributed by atoms with Crippen LogP contribution >= 0.6 is 24.0 Å². The molecule has 2 atom stereocenters. The predicted octanol–water partition coefficient (Wildman–Crippen LogP) is 3.19. The lowest BCUT2D eigenvalue weighted by Crippen LogP contribution is -2.48. The van der Waals surface area contributed by atoms with Crippen LogP contribution in [0.25, 0.3) is 0 Å². The third-order valence-electron chi connectivity index (χ3n) is 5.43. The number of rotatable bonds is 10. The van der Waals surface area contributed by atoms with Crippen LogP contribution in [0.15, 0.2) is 35.3 Å². The van der Waals surface area contributed by atoms with Crippen LogP contribution in [0, 0.1) is 5.92 Å². The Hall–Kier alpha value is -0.860. The van der Waals surface area contributed by atoms with Crippen molar-refractivity contribution < 1.29 is 0 Å². The minimum Gasteiger partial charge on any atom is -0.355 e. The van der Waals surface area contributed by atoms with Crippen molar-refractivity contribution >= 4 is 29.9 Å². The second kappa shape index (κ2) is 12.6. The molecule has 0 radical (unpaired) electrons. The molecule has 6 heteroatoms. The first-order valence-electron chi connectivity index (χ1n) is 10.0. The van der Waals surface area contributed by atoms with Gasteiger partial charge >= 0.3 is 0 Å². The van der Waals surface area contributed by atoms with Crippen molar-refractivity contribution in [2.75, 3.05) is 47.3 Å². The van der Waals surface area contributed by atoms with Crippen molar-refractivity contribution in [3.8, 4) is 0 Å². The Kier molecular flexibility index (Phi) is 11.3. The molecule has 0 bridgehead atoms. The number of halogens is 1. The van der Waals surface area contributed by atoms with E-state index in [1.807, 2.05) is 7.05 Å². The van der Waals surface area contributed by atoms with Crippen molar-refractivity contribution in [1.82, 2.24) is 20.4 Å². The van der Waals surface area contributed by atoms with Crippen LogP contribution < -0.4 is 10.6 Å². The van der Waals surface area contributed by atoms with Crippen LogP contribution in [0.3, 0.4) is 0 Å². The van der Waals surface area contributed by atoms with Crippen molar-refractivity contribution in [2.24, 2.45) is 10.9 Å². The van der Waals surface area contributed by atoms with Gasteiger partial charge < -0.3 is 15.5 Å². The number of hydrogen-bond acceptors (Lipinski definition) is 3. The summed E-state index contributed by atoms with van der Waals surface area (Å²) in [5.41, 5.74) is 1.35. The molecule has 0 aliphatic heterocycles. The lowest BCUT2D eigenvalue weighted by atomic mass is 10.1. The van der Waals surface area contributed by atoms with E-state index in [4.69, 9.17) is 0 Å². The molecule has 0 heterocycles. The minimum atomic E-state index is 0. The Morgan fingerprint density at radius 3 is 2.15 bits per heavy atom. The molecule has 1 aliphatic carbocycles. The molecule has 0 spiro atoms. The predicted molar refractivity (Wildman–Crippen MR) is 127 cm³/mol. The molecular formula is C21H38IN5. The normalized spacial score (nSPS) is 16.8. The highest BCUT2D eigenvalue weighted by molar-refractivity contribution is 14.0. The zero-order chi connectivity index (χ0) is 18.9. The zero-order valence-corrected chi connectivity index (χ0v) is 19.9. The topological polar surface area (TPSA) is 42.9 Å². The number of guanidine groups is 1. The fraction of sp³-hybridized carbons (Fsp3) is 0.667. The Morgan fingerprint density at radius 2 is 1.67 bits per heavy atom. The molecule has 1 aliphatic rings. The van der Waals surface area contributed by atoms with Gasteiger partial charge in [0.15, 0.2) is 5.96 Å². The summed E-state index contributed by atoms with van der Waals surface area (Å²) >= 11 is 0. The summed E-state index contributed by atoms with van der Waals surface area (Å²) in [5.74, 6) is 1.73. The third kappa shape index (κ3) is 7.58. The average molecular weight is 487 g/mol. The van der Waals surface area contributed by atoms with E-state index in [-0.39, 0.29) is 24.0 Å². The van der Waals surface area contributed by atoms with Gasteiger partial charge in [0.2, 0.25) is 0 Å². The van der Waals surface area contributed by atoms with E-state index in [0.29, 0.717) is 12.1 Å². The van der Waals surface area contributed by atoms with Crippen molar-refractivity contribution in [3.05, 3.63) is 35.9 Å². The van der Waals surface area contributed by atoms with E-state index in [1.165, 1.54) is 18.4 Å². The SMILES string of the molecule is CCN(CC)C(CNC(=NC)NCC(C1CC1)N(C)C)c1ccccc1.I. The lowest BCUT2D eigenvalue weighted by molar-refractivity contribution is 0.218. The monoisotopic (exact) mass is 487 g/mol. The van der Waals surface area contributed by atoms with Gasteiger partial charge in [-0.05, 0) is 51.5 Å². The number of hydrogen-bond donors (Lipinski definition) is 2. The lowest BCUT2D eigenvalue weighted by Gasteiger charge is -2.31. The maximum atomic E-state index is 4.43. The van der Waals surface area contributed by atoms with Crippen LogP contribution in [-0.4, -0.2) is 69.1 Å². The summed E-state index contributed by atoms with van der Waals surface area (Å²) in [5, 5.41) is 7.08. The molecular weight excluding hydrogens is 449 g/mol. The van der Waals surface area contributed by atoms with E-state index >= 15 is 0 Å². The van der Waals surface area contributed by atoms with Crippen molar-refractivity contribution in [1.29, 1.82) is 0 Å². The smallest absolute Gasteiger partial charge is 0.191 e. The number of nitrogens with zero attached hydrogens (tertiary/aromatic N) is 3. The first-order chi connectivity index (χ1) is 12.6. The first-order valence-corrected chi connectivity index (χ1v) is 10.0. The quantitative estimate of drug-likeness (QED) is 0.302. The van der Waals surface area contributed by atoms with Gasteiger partial charge in [-0.15, -0.1) is 24.0 Å². The van der Waals surface area contributed by atoms with E-state index in [2.05, 4.69) is 83.7 Å². The van der Waals surface area contributed by atoms with Gasteiger partial charge in [-0.25, -0.2) is 0 Å². The zero-order valence-electron chi connectivity index (χ0n) is 17.6. The summed E-state index contributed by atoms with van der Waals surface area (Å²) in [4.78, 5) is 9.26. The minimum absolute atomic E-state index is 0. The van der Waals surface area contributed by atoms with Crippen molar-refractivity contribution in [2.45, 2.75) is 38.8 Å². The molecule has 154 valence electrons. The Labute approximate surface area is 183 Å². The van der Waals surface area contributed by atoms with E-state index in [0.717, 1.165) is 38.1 Å². The summed E-state index contributed by atoms with van der Waals surface area (Å²) in [6, 6.07) is 11.7. The second-order valence-electron chi connectivity index (χ2n) is 7.35. The second-order valence-corrected chi connectivity index (χ2v) is 7.35. The average Bonchev–Trinajstić information content (AvgIpc) is 3.49. The molecule has 0 amide bonds. The van der Waals surface area contributed by atoms with E-state index in [1.54, 1.807) is 0 Å². The Bertz CT molecular complexity index is 539. The van der Waals surface area contributed by atoms with Crippen LogP contribution in [0.2, 0.25) is 0 Å². The number of aliphatic imine (C=N–C) groups is 1. The van der Waals surface area contributed by atoms with E-state index in [9.17, 15) is 0 Å². The van der Waals surface area contributed by atoms with Crippen LogP contribution in [0.5, 0.6) is 0 Å². The van der Waals surface area contributed by atoms with Crippen molar-refractivity contribution in [3.63, 3.8) is 0 Å². The summed E-state index contributed by atoms with van der Waals surface area (Å²) in [7, 11) is 6.20. The molecule has 0 saturated heterocycles. The number of likely N-dealkylation sites (N-methyl/N-ethyl adjacent to an activating group) is 2. The molecule has 5 nitrogen and oxygen atoms in total. The van der Waals surface area contributed by atoms with E-state index < -0.39 is 0 Å². The summed E-state index contributed by atoms with van der Waals surface area (Å²) in [6.45, 7) is 8.32. The molecule has 2 unspecified atom stereocenters.